The molecule has 0 bridgehead atoms. The highest BCUT2D eigenvalue weighted by Crippen LogP contribution is 2.42. The number of para-hydroxylation sites is 1. The second-order valence-corrected chi connectivity index (χ2v) is 8.24. The van der Waals surface area contributed by atoms with Gasteiger partial charge in [-0.05, 0) is 68.6 Å². The van der Waals surface area contributed by atoms with Gasteiger partial charge >= 0.3 is 0 Å². The number of rotatable bonds is 5. The average molecular weight is 535 g/mol. The first-order valence-corrected chi connectivity index (χ1v) is 11.1. The van der Waals surface area contributed by atoms with E-state index in [2.05, 4.69) is 36.8 Å². The highest BCUT2D eigenvalue weighted by atomic mass is 79.9. The van der Waals surface area contributed by atoms with E-state index in [1.807, 2.05) is 43.3 Å². The molecular weight excluding hydrogens is 514 g/mol. The Kier molecular flexibility index (Phi) is 7.40. The summed E-state index contributed by atoms with van der Waals surface area (Å²) in [4.78, 5) is 16.9. The highest BCUT2D eigenvalue weighted by molar-refractivity contribution is 9.13. The molecule has 1 aliphatic rings. The topological polar surface area (TPSA) is 76.8 Å². The Morgan fingerprint density at radius 1 is 1.20 bits per heavy atom. The van der Waals surface area contributed by atoms with Crippen LogP contribution in [0, 0.1) is 11.3 Å². The van der Waals surface area contributed by atoms with Gasteiger partial charge in [0.1, 0.15) is 11.6 Å². The maximum atomic E-state index is 13.0. The Morgan fingerprint density at radius 3 is 2.47 bits per heavy atom. The summed E-state index contributed by atoms with van der Waals surface area (Å²) in [6.45, 7) is 4.67. The van der Waals surface area contributed by atoms with Crippen LogP contribution in [0.15, 0.2) is 50.9 Å². The predicted octanol–water partition coefficient (Wildman–Crippen LogP) is 4.57. The number of phenolic OH excluding ortho intramolecular Hbond substituents is 1. The zero-order valence-corrected chi connectivity index (χ0v) is 19.6. The van der Waals surface area contributed by atoms with E-state index in [1.54, 1.807) is 11.0 Å². The summed E-state index contributed by atoms with van der Waals surface area (Å²) < 4.78 is 6.39. The number of benzene rings is 2. The number of amides is 1. The van der Waals surface area contributed by atoms with Crippen LogP contribution < -0.4 is 9.64 Å². The monoisotopic (exact) mass is 533 g/mol. The van der Waals surface area contributed by atoms with Crippen molar-refractivity contribution in [1.29, 1.82) is 5.26 Å². The summed E-state index contributed by atoms with van der Waals surface area (Å²) in [7, 11) is 0. The molecule has 30 heavy (non-hydrogen) atoms. The number of nitrogens with zero attached hydrogens (tertiary/aromatic N) is 3. The number of hydrogen-bond donors (Lipinski definition) is 1. The maximum absolute atomic E-state index is 13.0. The summed E-state index contributed by atoms with van der Waals surface area (Å²) in [6.07, 6.45) is 1.52. The van der Waals surface area contributed by atoms with Crippen molar-refractivity contribution in [3.63, 3.8) is 0 Å². The fourth-order valence-electron chi connectivity index (χ4n) is 3.26. The van der Waals surface area contributed by atoms with Crippen molar-refractivity contribution >= 4 is 49.5 Å². The molecule has 0 saturated carbocycles. The van der Waals surface area contributed by atoms with Gasteiger partial charge < -0.3 is 19.6 Å². The van der Waals surface area contributed by atoms with E-state index in [9.17, 15) is 15.2 Å². The van der Waals surface area contributed by atoms with E-state index in [0.29, 0.717) is 47.3 Å². The number of carbonyl (C=O) groups is 1. The van der Waals surface area contributed by atoms with Crippen molar-refractivity contribution in [2.24, 2.45) is 0 Å². The van der Waals surface area contributed by atoms with Crippen molar-refractivity contribution < 1.29 is 14.6 Å². The Balaban J connectivity index is 1.79. The second kappa shape index (κ2) is 10.0. The normalized spacial score (nSPS) is 14.4. The Labute approximate surface area is 192 Å². The van der Waals surface area contributed by atoms with Crippen molar-refractivity contribution in [3.8, 4) is 17.6 Å². The molecule has 1 saturated heterocycles. The number of anilines is 1. The van der Waals surface area contributed by atoms with E-state index in [-0.39, 0.29) is 23.0 Å². The number of carbonyl (C=O) groups excluding carboxylic acids is 1. The average Bonchev–Trinajstić information content (AvgIpc) is 2.79. The zero-order valence-electron chi connectivity index (χ0n) is 16.4. The molecule has 8 heteroatoms. The molecule has 0 aromatic heterocycles. The van der Waals surface area contributed by atoms with Crippen molar-refractivity contribution in [2.75, 3.05) is 37.7 Å². The van der Waals surface area contributed by atoms with Crippen LogP contribution in [0.4, 0.5) is 5.69 Å². The molecule has 1 amide bonds. The number of phenols is 1. The molecule has 0 unspecified atom stereocenters. The first-order chi connectivity index (χ1) is 14.5. The van der Waals surface area contributed by atoms with Crippen LogP contribution in [0.3, 0.4) is 0 Å². The Hall–Kier alpha value is -2.50. The third-order valence-corrected chi connectivity index (χ3v) is 6.97. The number of halogens is 2. The lowest BCUT2D eigenvalue weighted by molar-refractivity contribution is -0.126. The zero-order chi connectivity index (χ0) is 21.7. The van der Waals surface area contributed by atoms with E-state index in [0.717, 1.165) is 5.69 Å². The molecule has 156 valence electrons. The fourth-order valence-corrected chi connectivity index (χ4v) is 4.10. The van der Waals surface area contributed by atoms with Crippen LogP contribution in [0.1, 0.15) is 12.5 Å². The van der Waals surface area contributed by atoms with Gasteiger partial charge in [0.15, 0.2) is 11.5 Å². The minimum atomic E-state index is -0.306. The van der Waals surface area contributed by atoms with Crippen LogP contribution in [-0.4, -0.2) is 48.7 Å². The predicted molar refractivity (Wildman–Crippen MR) is 124 cm³/mol. The first-order valence-electron chi connectivity index (χ1n) is 9.51. The maximum Gasteiger partial charge on any atom is 0.264 e. The molecule has 1 fully saturated rings. The molecule has 1 heterocycles. The van der Waals surface area contributed by atoms with Crippen LogP contribution >= 0.6 is 31.9 Å². The Bertz CT molecular complexity index is 995. The summed E-state index contributed by atoms with van der Waals surface area (Å²) in [5.41, 5.74) is 1.72. The smallest absolute Gasteiger partial charge is 0.264 e. The summed E-state index contributed by atoms with van der Waals surface area (Å²) >= 11 is 6.72. The van der Waals surface area contributed by atoms with Crippen molar-refractivity contribution in [2.45, 2.75) is 6.92 Å². The Morgan fingerprint density at radius 2 is 1.87 bits per heavy atom. The van der Waals surface area contributed by atoms with Crippen LogP contribution in [-0.2, 0) is 4.79 Å². The summed E-state index contributed by atoms with van der Waals surface area (Å²) in [6, 6.07) is 13.7. The van der Waals surface area contributed by atoms with Gasteiger partial charge in [-0.25, -0.2) is 0 Å². The number of piperazine rings is 1. The van der Waals surface area contributed by atoms with Gasteiger partial charge in [-0.15, -0.1) is 0 Å². The van der Waals surface area contributed by atoms with Gasteiger partial charge in [0.05, 0.1) is 11.1 Å². The lowest BCUT2D eigenvalue weighted by Crippen LogP contribution is -2.49. The van der Waals surface area contributed by atoms with E-state index in [1.165, 1.54) is 6.08 Å². The molecule has 0 aliphatic carbocycles. The van der Waals surface area contributed by atoms with Crippen LogP contribution in [0.25, 0.3) is 6.08 Å². The molecule has 2 aromatic rings. The van der Waals surface area contributed by atoms with Gasteiger partial charge in [0, 0.05) is 36.3 Å². The fraction of sp³-hybridized carbons (Fsp3) is 0.273. The van der Waals surface area contributed by atoms with Gasteiger partial charge in [-0.3, -0.25) is 4.79 Å². The number of hydrogen-bond acceptors (Lipinski definition) is 5. The SMILES string of the molecule is CCOc1cc(/C=C(/C#N)C(=O)N2CCN(c3ccccc3)CC2)c(Br)c(Br)c1O. The summed E-state index contributed by atoms with van der Waals surface area (Å²) in [5, 5.41) is 19.8. The largest absolute Gasteiger partial charge is 0.503 e. The summed E-state index contributed by atoms with van der Waals surface area (Å²) in [5.74, 6) is -0.0675. The molecule has 1 aliphatic heterocycles. The molecule has 0 atom stereocenters. The lowest BCUT2D eigenvalue weighted by Gasteiger charge is -2.36. The van der Waals surface area contributed by atoms with E-state index < -0.39 is 0 Å². The van der Waals surface area contributed by atoms with Gasteiger partial charge in [0.2, 0.25) is 0 Å². The molecule has 2 aromatic carbocycles. The molecule has 3 rings (SSSR count). The molecule has 1 N–H and O–H groups in total. The van der Waals surface area contributed by atoms with E-state index in [4.69, 9.17) is 4.74 Å². The van der Waals surface area contributed by atoms with Crippen molar-refractivity contribution in [1.82, 2.24) is 4.90 Å². The standard InChI is InChI=1S/C22H21Br2N3O3/c1-2-30-18-13-15(19(23)20(24)21(18)28)12-16(14-25)22(29)27-10-8-26(9-11-27)17-6-4-3-5-7-17/h3-7,12-13,28H,2,8-11H2,1H3/b16-12-. The number of ether oxygens (including phenoxy) is 1. The van der Waals surface area contributed by atoms with Crippen LogP contribution in [0.2, 0.25) is 0 Å². The van der Waals surface area contributed by atoms with Crippen molar-refractivity contribution in [3.05, 3.63) is 56.5 Å². The third kappa shape index (κ3) is 4.79. The molecular formula is C22H21Br2N3O3. The number of aromatic hydroxyl groups is 1. The van der Waals surface area contributed by atoms with Gasteiger partial charge in [-0.1, -0.05) is 18.2 Å². The van der Waals surface area contributed by atoms with Crippen LogP contribution in [0.5, 0.6) is 11.5 Å². The van der Waals surface area contributed by atoms with Gasteiger partial charge in [0.25, 0.3) is 5.91 Å². The van der Waals surface area contributed by atoms with E-state index >= 15 is 0 Å². The third-order valence-electron chi connectivity index (χ3n) is 4.81. The molecule has 6 nitrogen and oxygen atoms in total. The molecule has 0 radical (unpaired) electrons. The molecule has 0 spiro atoms. The quantitative estimate of drug-likeness (QED) is 0.449. The van der Waals surface area contributed by atoms with Gasteiger partial charge in [-0.2, -0.15) is 5.26 Å². The highest BCUT2D eigenvalue weighted by Gasteiger charge is 2.24. The minimum absolute atomic E-state index is 0.0314. The second-order valence-electron chi connectivity index (χ2n) is 6.66. The number of nitriles is 1. The first kappa shape index (κ1) is 22.2. The minimum Gasteiger partial charge on any atom is -0.503 e. The lowest BCUT2D eigenvalue weighted by atomic mass is 10.1.